The van der Waals surface area contributed by atoms with Gasteiger partial charge in [0.15, 0.2) is 0 Å². The molecule has 1 heterocycles. The average Bonchev–Trinajstić information content (AvgIpc) is 2.46. The number of carbonyl (C=O) groups is 1. The van der Waals surface area contributed by atoms with E-state index in [1.807, 2.05) is 44.4 Å². The molecule has 0 radical (unpaired) electrons. The maximum absolute atomic E-state index is 12.4. The summed E-state index contributed by atoms with van der Waals surface area (Å²) in [7, 11) is 3.73. The molecule has 0 bridgehead atoms. The van der Waals surface area contributed by atoms with Gasteiger partial charge in [-0.25, -0.2) is 0 Å². The average molecular weight is 257 g/mol. The number of hydrogen-bond acceptors (Lipinski definition) is 3. The monoisotopic (exact) mass is 257 g/mol. The number of nitrogens with zero attached hydrogens (tertiary/aromatic N) is 2. The molecule has 1 aromatic carbocycles. The third kappa shape index (κ3) is 3.09. The fourth-order valence-electron chi connectivity index (χ4n) is 2.07. The second-order valence-corrected chi connectivity index (χ2v) is 4.56. The molecular weight excluding hydrogens is 238 g/mol. The molecule has 2 rings (SSSR count). The molecule has 0 unspecified atom stereocenters. The van der Waals surface area contributed by atoms with Crippen molar-refractivity contribution in [2.45, 2.75) is 6.42 Å². The van der Waals surface area contributed by atoms with Crippen LogP contribution in [0.2, 0.25) is 0 Å². The number of amides is 1. The van der Waals surface area contributed by atoms with Gasteiger partial charge in [0.1, 0.15) is 5.69 Å². The Labute approximate surface area is 113 Å². The van der Waals surface area contributed by atoms with Gasteiger partial charge in [0, 0.05) is 25.2 Å². The van der Waals surface area contributed by atoms with E-state index in [4.69, 9.17) is 0 Å². The van der Waals surface area contributed by atoms with Crippen molar-refractivity contribution in [3.8, 4) is 0 Å². The van der Waals surface area contributed by atoms with Gasteiger partial charge in [-0.2, -0.15) is 0 Å². The topological polar surface area (TPSA) is 45.2 Å². The maximum Gasteiger partial charge on any atom is 0.272 e. The van der Waals surface area contributed by atoms with Gasteiger partial charge in [-0.1, -0.05) is 24.3 Å². The number of rotatable bonds is 5. The summed E-state index contributed by atoms with van der Waals surface area (Å²) in [4.78, 5) is 18.4. The van der Waals surface area contributed by atoms with Gasteiger partial charge >= 0.3 is 0 Å². The lowest BCUT2D eigenvalue weighted by Gasteiger charge is -2.17. The number of nitrogens with one attached hydrogen (secondary N) is 1. The summed E-state index contributed by atoms with van der Waals surface area (Å²) >= 11 is 0. The highest BCUT2D eigenvalue weighted by Crippen LogP contribution is 2.17. The van der Waals surface area contributed by atoms with Gasteiger partial charge in [0.05, 0.1) is 0 Å². The summed E-state index contributed by atoms with van der Waals surface area (Å²) in [6.07, 6.45) is 2.63. The zero-order valence-electron chi connectivity index (χ0n) is 11.4. The summed E-state index contributed by atoms with van der Waals surface area (Å²) in [5.41, 5.74) is 0.532. The van der Waals surface area contributed by atoms with Gasteiger partial charge in [-0.3, -0.25) is 9.78 Å². The third-order valence-corrected chi connectivity index (χ3v) is 3.14. The molecular formula is C15H19N3O. The van der Waals surface area contributed by atoms with E-state index in [2.05, 4.69) is 10.3 Å². The second kappa shape index (κ2) is 6.29. The quantitative estimate of drug-likeness (QED) is 0.832. The van der Waals surface area contributed by atoms with Crippen LogP contribution in [0.15, 0.2) is 36.5 Å². The largest absolute Gasteiger partial charge is 0.340 e. The fraction of sp³-hybridized carbons (Fsp3) is 0.333. The molecule has 0 aliphatic rings. The zero-order chi connectivity index (χ0) is 13.7. The molecule has 2 aromatic rings. The predicted octanol–water partition coefficient (Wildman–Crippen LogP) is 1.92. The number of fused-ring (bicyclic) bond motifs is 1. The molecule has 0 aliphatic heterocycles. The van der Waals surface area contributed by atoms with Gasteiger partial charge in [0.2, 0.25) is 0 Å². The number of benzene rings is 1. The fourth-order valence-corrected chi connectivity index (χ4v) is 2.07. The van der Waals surface area contributed by atoms with E-state index >= 15 is 0 Å². The Balaban J connectivity index is 2.21. The summed E-state index contributed by atoms with van der Waals surface area (Å²) in [5, 5.41) is 5.04. The predicted molar refractivity (Wildman–Crippen MR) is 77.2 cm³/mol. The molecule has 0 fully saturated rings. The third-order valence-electron chi connectivity index (χ3n) is 3.14. The van der Waals surface area contributed by atoms with Crippen LogP contribution < -0.4 is 5.32 Å². The summed E-state index contributed by atoms with van der Waals surface area (Å²) in [6, 6.07) is 9.76. The molecule has 0 aliphatic carbocycles. The number of carbonyl (C=O) groups excluding carboxylic acids is 1. The van der Waals surface area contributed by atoms with Crippen molar-refractivity contribution in [3.05, 3.63) is 42.2 Å². The van der Waals surface area contributed by atoms with Crippen LogP contribution in [-0.2, 0) is 0 Å². The van der Waals surface area contributed by atoms with Crippen LogP contribution in [0.3, 0.4) is 0 Å². The SMILES string of the molecule is CNCCCN(C)C(=O)c1nccc2ccccc12. The van der Waals surface area contributed by atoms with E-state index in [0.29, 0.717) is 5.69 Å². The Hall–Kier alpha value is -1.94. The van der Waals surface area contributed by atoms with Crippen LogP contribution in [0.5, 0.6) is 0 Å². The molecule has 0 saturated heterocycles. The highest BCUT2D eigenvalue weighted by Gasteiger charge is 2.15. The van der Waals surface area contributed by atoms with E-state index in [1.54, 1.807) is 11.1 Å². The molecule has 100 valence electrons. The van der Waals surface area contributed by atoms with Crippen LogP contribution in [0.4, 0.5) is 0 Å². The Morgan fingerprint density at radius 1 is 1.32 bits per heavy atom. The smallest absolute Gasteiger partial charge is 0.272 e. The van der Waals surface area contributed by atoms with E-state index in [0.717, 1.165) is 30.3 Å². The minimum Gasteiger partial charge on any atom is -0.340 e. The van der Waals surface area contributed by atoms with Crippen molar-refractivity contribution in [1.82, 2.24) is 15.2 Å². The highest BCUT2D eigenvalue weighted by atomic mass is 16.2. The first-order valence-electron chi connectivity index (χ1n) is 6.48. The van der Waals surface area contributed by atoms with Crippen LogP contribution >= 0.6 is 0 Å². The van der Waals surface area contributed by atoms with Crippen molar-refractivity contribution in [1.29, 1.82) is 0 Å². The highest BCUT2D eigenvalue weighted by molar-refractivity contribution is 6.04. The standard InChI is InChI=1S/C15H19N3O/c1-16-9-5-11-18(2)15(19)14-13-7-4-3-6-12(13)8-10-17-14/h3-4,6-8,10,16H,5,9,11H2,1-2H3. The minimum absolute atomic E-state index is 0.0205. The molecule has 1 amide bonds. The molecule has 1 aromatic heterocycles. The minimum atomic E-state index is -0.0205. The number of pyridine rings is 1. The second-order valence-electron chi connectivity index (χ2n) is 4.56. The van der Waals surface area contributed by atoms with Gasteiger partial charge in [0.25, 0.3) is 5.91 Å². The van der Waals surface area contributed by atoms with Crippen molar-refractivity contribution < 1.29 is 4.79 Å². The van der Waals surface area contributed by atoms with E-state index < -0.39 is 0 Å². The van der Waals surface area contributed by atoms with Gasteiger partial charge < -0.3 is 10.2 Å². The first-order valence-corrected chi connectivity index (χ1v) is 6.48. The van der Waals surface area contributed by atoms with Gasteiger partial charge in [-0.15, -0.1) is 0 Å². The summed E-state index contributed by atoms with van der Waals surface area (Å²) in [6.45, 7) is 1.63. The molecule has 19 heavy (non-hydrogen) atoms. The van der Waals surface area contributed by atoms with Crippen molar-refractivity contribution in [2.75, 3.05) is 27.2 Å². The number of aromatic nitrogens is 1. The van der Waals surface area contributed by atoms with Gasteiger partial charge in [-0.05, 0) is 31.5 Å². The molecule has 1 N–H and O–H groups in total. The molecule has 4 heteroatoms. The lowest BCUT2D eigenvalue weighted by Crippen LogP contribution is -2.30. The van der Waals surface area contributed by atoms with Crippen LogP contribution in [0.25, 0.3) is 10.8 Å². The van der Waals surface area contributed by atoms with Crippen molar-refractivity contribution in [3.63, 3.8) is 0 Å². The molecule has 0 spiro atoms. The Bertz CT molecular complexity index is 563. The van der Waals surface area contributed by atoms with E-state index in [9.17, 15) is 4.79 Å². The first-order chi connectivity index (χ1) is 9.24. The lowest BCUT2D eigenvalue weighted by atomic mass is 10.1. The molecule has 0 atom stereocenters. The van der Waals surface area contributed by atoms with Crippen LogP contribution in [0, 0.1) is 0 Å². The Morgan fingerprint density at radius 2 is 2.11 bits per heavy atom. The molecule has 0 saturated carbocycles. The van der Waals surface area contributed by atoms with Crippen LogP contribution in [0.1, 0.15) is 16.9 Å². The lowest BCUT2D eigenvalue weighted by molar-refractivity contribution is 0.0790. The van der Waals surface area contributed by atoms with E-state index in [1.165, 1.54) is 0 Å². The Kier molecular flexibility index (Phi) is 4.47. The van der Waals surface area contributed by atoms with Crippen molar-refractivity contribution >= 4 is 16.7 Å². The van der Waals surface area contributed by atoms with Crippen LogP contribution in [-0.4, -0.2) is 43.0 Å². The molecule has 4 nitrogen and oxygen atoms in total. The zero-order valence-corrected chi connectivity index (χ0v) is 11.4. The Morgan fingerprint density at radius 3 is 2.89 bits per heavy atom. The van der Waals surface area contributed by atoms with Crippen molar-refractivity contribution in [2.24, 2.45) is 0 Å². The number of hydrogen-bond donors (Lipinski definition) is 1. The maximum atomic E-state index is 12.4. The summed E-state index contributed by atoms with van der Waals surface area (Å²) < 4.78 is 0. The first kappa shape index (κ1) is 13.5. The summed E-state index contributed by atoms with van der Waals surface area (Å²) in [5.74, 6) is -0.0205. The van der Waals surface area contributed by atoms with E-state index in [-0.39, 0.29) is 5.91 Å². The normalized spacial score (nSPS) is 10.6.